The van der Waals surface area contributed by atoms with Crippen LogP contribution < -0.4 is 10.1 Å². The summed E-state index contributed by atoms with van der Waals surface area (Å²) in [5.74, 6) is -0.853. The van der Waals surface area contributed by atoms with Crippen molar-refractivity contribution >= 4 is 16.7 Å². The summed E-state index contributed by atoms with van der Waals surface area (Å²) in [6, 6.07) is 22.5. The molecule has 1 atom stereocenters. The van der Waals surface area contributed by atoms with E-state index in [1.165, 1.54) is 6.07 Å². The number of carbonyl (C=O) groups is 1. The molecule has 0 saturated carbocycles. The highest BCUT2D eigenvalue weighted by Gasteiger charge is 2.35. The lowest BCUT2D eigenvalue weighted by Crippen LogP contribution is -2.18. The lowest BCUT2D eigenvalue weighted by Gasteiger charge is -2.17. The molecule has 0 aromatic heterocycles. The van der Waals surface area contributed by atoms with E-state index < -0.39 is 23.3 Å². The highest BCUT2D eigenvalue weighted by Crippen LogP contribution is 2.37. The molecule has 4 rings (SSSR count). The first-order chi connectivity index (χ1) is 16.7. The molecule has 35 heavy (non-hydrogen) atoms. The minimum atomic E-state index is -4.75. The number of methoxy groups -OCH3 is 1. The van der Waals surface area contributed by atoms with Crippen LogP contribution in [0.4, 0.5) is 13.2 Å². The molecule has 180 valence electrons. The van der Waals surface area contributed by atoms with E-state index in [1.807, 2.05) is 67.6 Å². The number of fused-ring (bicyclic) bond motifs is 1. The molecule has 0 aliphatic carbocycles. The zero-order valence-corrected chi connectivity index (χ0v) is 19.2. The Morgan fingerprint density at radius 2 is 1.77 bits per heavy atom. The Morgan fingerprint density at radius 3 is 2.49 bits per heavy atom. The summed E-state index contributed by atoms with van der Waals surface area (Å²) in [6.45, 7) is 2.54. The van der Waals surface area contributed by atoms with Gasteiger partial charge in [-0.05, 0) is 76.3 Å². The van der Waals surface area contributed by atoms with Crippen LogP contribution >= 0.6 is 0 Å². The molecule has 0 radical (unpaired) electrons. The topological polar surface area (TPSA) is 58.6 Å². The van der Waals surface area contributed by atoms with Crippen molar-refractivity contribution in [2.24, 2.45) is 0 Å². The predicted octanol–water partition coefficient (Wildman–Crippen LogP) is 7.08. The highest BCUT2D eigenvalue weighted by atomic mass is 19.4. The Kier molecular flexibility index (Phi) is 6.80. The van der Waals surface area contributed by atoms with E-state index in [9.17, 15) is 23.1 Å². The molecule has 0 spiro atoms. The van der Waals surface area contributed by atoms with E-state index in [0.717, 1.165) is 39.8 Å². The molecule has 0 amide bonds. The highest BCUT2D eigenvalue weighted by molar-refractivity contribution is 5.99. The van der Waals surface area contributed by atoms with Gasteiger partial charge in [-0.3, -0.25) is 0 Å². The molecule has 0 aliphatic rings. The third-order valence-electron chi connectivity index (χ3n) is 5.99. The van der Waals surface area contributed by atoms with Crippen molar-refractivity contribution in [2.75, 3.05) is 7.11 Å². The van der Waals surface area contributed by atoms with Crippen LogP contribution in [0.15, 0.2) is 78.9 Å². The first kappa shape index (κ1) is 24.3. The number of carboxylic acids is 1. The van der Waals surface area contributed by atoms with Crippen LogP contribution in [0.2, 0.25) is 0 Å². The minimum Gasteiger partial charge on any atom is -0.497 e. The molecule has 4 aromatic rings. The summed E-state index contributed by atoms with van der Waals surface area (Å²) < 4.78 is 45.3. The smallest absolute Gasteiger partial charge is 0.417 e. The van der Waals surface area contributed by atoms with E-state index in [2.05, 4.69) is 5.32 Å². The van der Waals surface area contributed by atoms with Gasteiger partial charge in [0, 0.05) is 12.6 Å². The average Bonchev–Trinajstić information content (AvgIpc) is 2.85. The van der Waals surface area contributed by atoms with Crippen molar-refractivity contribution in [3.8, 4) is 16.9 Å². The van der Waals surface area contributed by atoms with Crippen molar-refractivity contribution in [3.05, 3.63) is 101 Å². The average molecular weight is 479 g/mol. The number of hydrogen-bond donors (Lipinski definition) is 2. The van der Waals surface area contributed by atoms with E-state index in [0.29, 0.717) is 17.7 Å². The van der Waals surface area contributed by atoms with Crippen molar-refractivity contribution < 1.29 is 27.8 Å². The molecule has 0 saturated heterocycles. The van der Waals surface area contributed by atoms with E-state index in [-0.39, 0.29) is 6.04 Å². The second-order valence-corrected chi connectivity index (χ2v) is 8.31. The Bertz CT molecular complexity index is 1380. The summed E-state index contributed by atoms with van der Waals surface area (Å²) in [5, 5.41) is 14.6. The summed E-state index contributed by atoms with van der Waals surface area (Å²) in [5.41, 5.74) is 1.13. The standard InChI is InChI=1S/C28H24F3NO3/c1-17(19-7-5-8-22(14-19)35-2)32-16-18-12-20-6-3-4-9-23(20)24(13-18)21-10-11-26(28(29,30)31)25(15-21)27(33)34/h3-15,17,32H,16H2,1-2H3,(H,33,34). The lowest BCUT2D eigenvalue weighted by molar-refractivity contribution is -0.138. The Morgan fingerprint density at radius 1 is 1.00 bits per heavy atom. The van der Waals surface area contributed by atoms with Gasteiger partial charge in [0.2, 0.25) is 0 Å². The van der Waals surface area contributed by atoms with Crippen molar-refractivity contribution in [3.63, 3.8) is 0 Å². The number of alkyl halides is 3. The molecule has 4 nitrogen and oxygen atoms in total. The van der Waals surface area contributed by atoms with Gasteiger partial charge in [-0.1, -0.05) is 42.5 Å². The first-order valence-corrected chi connectivity index (χ1v) is 11.0. The number of benzene rings is 4. The van der Waals surface area contributed by atoms with Gasteiger partial charge in [-0.15, -0.1) is 0 Å². The number of carboxylic acid groups (broad SMARTS) is 1. The molecule has 0 heterocycles. The fourth-order valence-electron chi connectivity index (χ4n) is 4.15. The van der Waals surface area contributed by atoms with Gasteiger partial charge in [-0.2, -0.15) is 13.2 Å². The maximum atomic E-state index is 13.3. The van der Waals surface area contributed by atoms with Gasteiger partial charge >= 0.3 is 12.1 Å². The molecule has 0 bridgehead atoms. The third kappa shape index (κ3) is 5.30. The molecular formula is C28H24F3NO3. The lowest BCUT2D eigenvalue weighted by atomic mass is 9.93. The van der Waals surface area contributed by atoms with Crippen molar-refractivity contribution in [2.45, 2.75) is 25.7 Å². The second kappa shape index (κ2) is 9.80. The molecule has 2 N–H and O–H groups in total. The molecular weight excluding hydrogens is 455 g/mol. The van der Waals surface area contributed by atoms with Crippen LogP contribution in [0.5, 0.6) is 5.75 Å². The number of rotatable bonds is 7. The van der Waals surface area contributed by atoms with Crippen LogP contribution in [0.1, 0.15) is 40.0 Å². The minimum absolute atomic E-state index is 0.0182. The fraction of sp³-hybridized carbons (Fsp3) is 0.179. The summed E-state index contributed by atoms with van der Waals surface area (Å²) in [7, 11) is 1.62. The Labute approximate surface area is 201 Å². The molecule has 0 aliphatic heterocycles. The summed E-state index contributed by atoms with van der Waals surface area (Å²) in [4.78, 5) is 11.6. The normalized spacial score (nSPS) is 12.5. The fourth-order valence-corrected chi connectivity index (χ4v) is 4.15. The van der Waals surface area contributed by atoms with Gasteiger partial charge in [0.15, 0.2) is 0 Å². The van der Waals surface area contributed by atoms with Gasteiger partial charge in [0.1, 0.15) is 5.75 Å². The van der Waals surface area contributed by atoms with Gasteiger partial charge in [0.05, 0.1) is 18.2 Å². The van der Waals surface area contributed by atoms with E-state index in [4.69, 9.17) is 4.74 Å². The second-order valence-electron chi connectivity index (χ2n) is 8.31. The number of aromatic carboxylic acids is 1. The molecule has 1 unspecified atom stereocenters. The van der Waals surface area contributed by atoms with Gasteiger partial charge in [-0.25, -0.2) is 4.79 Å². The summed E-state index contributed by atoms with van der Waals surface area (Å²) >= 11 is 0. The first-order valence-electron chi connectivity index (χ1n) is 11.0. The maximum Gasteiger partial charge on any atom is 0.417 e. The quantitative estimate of drug-likeness (QED) is 0.297. The number of nitrogens with one attached hydrogen (secondary N) is 1. The van der Waals surface area contributed by atoms with Gasteiger partial charge in [0.25, 0.3) is 0 Å². The zero-order valence-electron chi connectivity index (χ0n) is 19.2. The maximum absolute atomic E-state index is 13.3. The van der Waals surface area contributed by atoms with E-state index in [1.54, 1.807) is 7.11 Å². The van der Waals surface area contributed by atoms with Crippen LogP contribution in [-0.2, 0) is 12.7 Å². The third-order valence-corrected chi connectivity index (χ3v) is 5.99. The Balaban J connectivity index is 1.72. The molecule has 7 heteroatoms. The number of hydrogen-bond acceptors (Lipinski definition) is 3. The van der Waals surface area contributed by atoms with E-state index >= 15 is 0 Å². The Hall–Kier alpha value is -3.84. The van der Waals surface area contributed by atoms with Crippen LogP contribution in [0, 0.1) is 0 Å². The molecule has 0 fully saturated rings. The van der Waals surface area contributed by atoms with Crippen LogP contribution in [0.3, 0.4) is 0 Å². The monoisotopic (exact) mass is 479 g/mol. The SMILES string of the molecule is COc1cccc(C(C)NCc2cc(-c3ccc(C(F)(F)F)c(C(=O)O)c3)c3ccccc3c2)c1. The van der Waals surface area contributed by atoms with Crippen molar-refractivity contribution in [1.29, 1.82) is 0 Å². The molecule has 4 aromatic carbocycles. The zero-order chi connectivity index (χ0) is 25.2. The number of ether oxygens (including phenoxy) is 1. The van der Waals surface area contributed by atoms with Crippen LogP contribution in [-0.4, -0.2) is 18.2 Å². The predicted molar refractivity (Wildman–Crippen MR) is 130 cm³/mol. The largest absolute Gasteiger partial charge is 0.497 e. The number of halogens is 3. The van der Waals surface area contributed by atoms with Crippen LogP contribution in [0.25, 0.3) is 21.9 Å². The van der Waals surface area contributed by atoms with Crippen molar-refractivity contribution in [1.82, 2.24) is 5.32 Å². The van der Waals surface area contributed by atoms with Gasteiger partial charge < -0.3 is 15.2 Å². The summed E-state index contributed by atoms with van der Waals surface area (Å²) in [6.07, 6.45) is -4.75.